The van der Waals surface area contributed by atoms with E-state index in [9.17, 15) is 13.9 Å². The van der Waals surface area contributed by atoms with E-state index >= 15 is 0 Å². The van der Waals surface area contributed by atoms with E-state index in [0.29, 0.717) is 10.6 Å². The first kappa shape index (κ1) is 14.0. The Kier molecular flexibility index (Phi) is 4.17. The second-order valence-corrected chi connectivity index (χ2v) is 4.84. The fourth-order valence-electron chi connectivity index (χ4n) is 1.90. The third-order valence-corrected chi connectivity index (χ3v) is 3.38. The van der Waals surface area contributed by atoms with Crippen LogP contribution in [-0.2, 0) is 6.42 Å². The molecule has 0 aromatic heterocycles. The summed E-state index contributed by atoms with van der Waals surface area (Å²) >= 11 is 5.97. The highest BCUT2D eigenvalue weighted by Gasteiger charge is 2.17. The summed E-state index contributed by atoms with van der Waals surface area (Å²) in [6, 6.07) is 9.10. The normalized spacial score (nSPS) is 12.5. The molecule has 1 atom stereocenters. The summed E-state index contributed by atoms with van der Waals surface area (Å²) in [6.45, 7) is 1.47. The van der Waals surface area contributed by atoms with E-state index in [1.807, 2.05) is 0 Å². The molecule has 0 heterocycles. The second-order valence-electron chi connectivity index (χ2n) is 4.43. The molecule has 19 heavy (non-hydrogen) atoms. The number of rotatable bonds is 3. The maximum atomic E-state index is 13.7. The van der Waals surface area contributed by atoms with E-state index in [0.717, 1.165) is 12.1 Å². The van der Waals surface area contributed by atoms with Crippen molar-refractivity contribution in [2.75, 3.05) is 0 Å². The van der Waals surface area contributed by atoms with Crippen molar-refractivity contribution in [3.05, 3.63) is 69.7 Å². The third-order valence-electron chi connectivity index (χ3n) is 3.01. The highest BCUT2D eigenvalue weighted by atomic mass is 35.5. The van der Waals surface area contributed by atoms with Crippen molar-refractivity contribution in [2.45, 2.75) is 19.4 Å². The average molecular weight is 283 g/mol. The van der Waals surface area contributed by atoms with Gasteiger partial charge in [-0.3, -0.25) is 0 Å². The highest BCUT2D eigenvalue weighted by Crippen LogP contribution is 2.26. The minimum Gasteiger partial charge on any atom is -0.388 e. The number of halogens is 3. The lowest BCUT2D eigenvalue weighted by atomic mass is 9.99. The van der Waals surface area contributed by atoms with E-state index in [1.165, 1.54) is 6.92 Å². The first-order valence-electron chi connectivity index (χ1n) is 5.86. The van der Waals surface area contributed by atoms with E-state index in [-0.39, 0.29) is 17.5 Å². The summed E-state index contributed by atoms with van der Waals surface area (Å²) in [4.78, 5) is 0. The van der Waals surface area contributed by atoms with Gasteiger partial charge in [-0.2, -0.15) is 0 Å². The topological polar surface area (TPSA) is 20.2 Å². The van der Waals surface area contributed by atoms with Crippen LogP contribution in [0.2, 0.25) is 5.02 Å². The second kappa shape index (κ2) is 5.68. The molecule has 2 rings (SSSR count). The molecule has 0 saturated carbocycles. The molecule has 0 aliphatic heterocycles. The maximum absolute atomic E-state index is 13.7. The Morgan fingerprint density at radius 3 is 2.53 bits per heavy atom. The van der Waals surface area contributed by atoms with E-state index < -0.39 is 17.7 Å². The van der Waals surface area contributed by atoms with Crippen LogP contribution in [0.1, 0.15) is 22.8 Å². The monoisotopic (exact) mass is 282 g/mol. The summed E-state index contributed by atoms with van der Waals surface area (Å²) in [5, 5.41) is 10.5. The molecule has 0 amide bonds. The Bertz CT molecular complexity index is 599. The number of aliphatic hydroxyl groups excluding tert-OH is 1. The Balaban J connectivity index is 2.28. The van der Waals surface area contributed by atoms with Gasteiger partial charge in [0.1, 0.15) is 11.6 Å². The molecule has 1 N–H and O–H groups in total. The first-order chi connectivity index (χ1) is 8.99. The minimum atomic E-state index is -1.13. The smallest absolute Gasteiger partial charge is 0.129 e. The molecule has 0 aliphatic carbocycles. The van der Waals surface area contributed by atoms with Crippen LogP contribution in [0.3, 0.4) is 0 Å². The standard InChI is InChI=1S/C15H13ClF2O/c1-9-6-14(18)11(8-13(9)17)15(19)7-10-4-2-3-5-12(10)16/h2-6,8,15,19H,7H2,1H3. The molecule has 0 spiro atoms. The number of aliphatic hydroxyl groups is 1. The number of hydrogen-bond donors (Lipinski definition) is 1. The highest BCUT2D eigenvalue weighted by molar-refractivity contribution is 6.31. The van der Waals surface area contributed by atoms with Gasteiger partial charge in [0.05, 0.1) is 6.10 Å². The summed E-state index contributed by atoms with van der Waals surface area (Å²) in [6.07, 6.45) is -0.992. The molecule has 0 saturated heterocycles. The molecule has 100 valence electrons. The molecule has 0 aliphatic rings. The molecular formula is C15H13ClF2O. The molecule has 1 nitrogen and oxygen atoms in total. The SMILES string of the molecule is Cc1cc(F)c(C(O)Cc2ccccc2Cl)cc1F. The van der Waals surface area contributed by atoms with Crippen molar-refractivity contribution in [1.29, 1.82) is 0 Å². The van der Waals surface area contributed by atoms with Gasteiger partial charge >= 0.3 is 0 Å². The molecule has 0 fully saturated rings. The summed E-state index contributed by atoms with van der Waals surface area (Å²) in [5.74, 6) is -1.15. The van der Waals surface area contributed by atoms with Crippen molar-refractivity contribution in [2.24, 2.45) is 0 Å². The fraction of sp³-hybridized carbons (Fsp3) is 0.200. The largest absolute Gasteiger partial charge is 0.388 e. The minimum absolute atomic E-state index is 0.0528. The summed E-state index contributed by atoms with van der Waals surface area (Å²) in [5.41, 5.74) is 0.853. The molecule has 4 heteroatoms. The lowest BCUT2D eigenvalue weighted by Gasteiger charge is -2.14. The van der Waals surface area contributed by atoms with E-state index in [2.05, 4.69) is 0 Å². The molecule has 2 aromatic rings. The average Bonchev–Trinajstić information content (AvgIpc) is 2.36. The van der Waals surface area contributed by atoms with Crippen LogP contribution in [-0.4, -0.2) is 5.11 Å². The van der Waals surface area contributed by atoms with Crippen LogP contribution >= 0.6 is 11.6 Å². The number of aryl methyl sites for hydroxylation is 1. The zero-order chi connectivity index (χ0) is 14.0. The van der Waals surface area contributed by atoms with Crippen molar-refractivity contribution < 1.29 is 13.9 Å². The Morgan fingerprint density at radius 2 is 1.84 bits per heavy atom. The van der Waals surface area contributed by atoms with Crippen LogP contribution in [0.4, 0.5) is 8.78 Å². The van der Waals surface area contributed by atoms with E-state index in [4.69, 9.17) is 11.6 Å². The van der Waals surface area contributed by atoms with Crippen molar-refractivity contribution in [1.82, 2.24) is 0 Å². The number of hydrogen-bond acceptors (Lipinski definition) is 1. The van der Waals surface area contributed by atoms with Crippen LogP contribution in [0, 0.1) is 18.6 Å². The van der Waals surface area contributed by atoms with Gasteiger partial charge in [0, 0.05) is 17.0 Å². The van der Waals surface area contributed by atoms with Gasteiger partial charge < -0.3 is 5.11 Å². The number of benzene rings is 2. The van der Waals surface area contributed by atoms with Gasteiger partial charge in [-0.1, -0.05) is 29.8 Å². The van der Waals surface area contributed by atoms with Crippen LogP contribution in [0.25, 0.3) is 0 Å². The predicted molar refractivity (Wildman–Crippen MR) is 71.2 cm³/mol. The molecule has 1 unspecified atom stereocenters. The Labute approximate surface area is 115 Å². The fourth-order valence-corrected chi connectivity index (χ4v) is 2.11. The van der Waals surface area contributed by atoms with Crippen LogP contribution in [0.5, 0.6) is 0 Å². The van der Waals surface area contributed by atoms with Gasteiger partial charge in [-0.25, -0.2) is 8.78 Å². The third kappa shape index (κ3) is 3.11. The van der Waals surface area contributed by atoms with Gasteiger partial charge in [0.25, 0.3) is 0 Å². The summed E-state index contributed by atoms with van der Waals surface area (Å²) < 4.78 is 27.2. The Hall–Kier alpha value is -1.45. The molecule has 0 bridgehead atoms. The molecular weight excluding hydrogens is 270 g/mol. The maximum Gasteiger partial charge on any atom is 0.129 e. The van der Waals surface area contributed by atoms with Crippen LogP contribution in [0.15, 0.2) is 36.4 Å². The van der Waals surface area contributed by atoms with Crippen molar-refractivity contribution in [3.63, 3.8) is 0 Å². The lowest BCUT2D eigenvalue weighted by Crippen LogP contribution is -2.06. The first-order valence-corrected chi connectivity index (χ1v) is 6.24. The van der Waals surface area contributed by atoms with Gasteiger partial charge in [-0.15, -0.1) is 0 Å². The van der Waals surface area contributed by atoms with Crippen molar-refractivity contribution in [3.8, 4) is 0 Å². The molecule has 2 aromatic carbocycles. The molecule has 0 radical (unpaired) electrons. The zero-order valence-electron chi connectivity index (χ0n) is 10.3. The summed E-state index contributed by atoms with van der Waals surface area (Å²) in [7, 11) is 0. The van der Waals surface area contributed by atoms with E-state index in [1.54, 1.807) is 24.3 Å². The van der Waals surface area contributed by atoms with Gasteiger partial charge in [0.15, 0.2) is 0 Å². The van der Waals surface area contributed by atoms with Gasteiger partial charge in [-0.05, 0) is 36.2 Å². The van der Waals surface area contributed by atoms with Crippen molar-refractivity contribution >= 4 is 11.6 Å². The quantitative estimate of drug-likeness (QED) is 0.894. The Morgan fingerprint density at radius 1 is 1.16 bits per heavy atom. The zero-order valence-corrected chi connectivity index (χ0v) is 11.1. The lowest BCUT2D eigenvalue weighted by molar-refractivity contribution is 0.173. The van der Waals surface area contributed by atoms with Gasteiger partial charge in [0.2, 0.25) is 0 Å². The predicted octanol–water partition coefficient (Wildman–Crippen LogP) is 4.20. The van der Waals surface area contributed by atoms with Crippen LogP contribution < -0.4 is 0 Å².